The number of carbonyl (C=O) groups is 1. The zero-order valence-electron chi connectivity index (χ0n) is 9.07. The van der Waals surface area contributed by atoms with E-state index in [1.54, 1.807) is 12.1 Å². The smallest absolute Gasteiger partial charge is 0.227 e. The Morgan fingerprint density at radius 1 is 1.31 bits per heavy atom. The van der Waals surface area contributed by atoms with Crippen LogP contribution in [0.1, 0.15) is 22.8 Å². The number of ketones is 1. The first-order valence-corrected chi connectivity index (χ1v) is 4.91. The lowest BCUT2D eigenvalue weighted by Crippen LogP contribution is -2.02. The number of carbonyl (C=O) groups excluding carboxylic acids is 1. The van der Waals surface area contributed by atoms with Gasteiger partial charge in [-0.3, -0.25) is 4.79 Å². The molecule has 2 rings (SSSR count). The van der Waals surface area contributed by atoms with Crippen LogP contribution in [0, 0.1) is 12.9 Å². The van der Waals surface area contributed by atoms with Crippen LogP contribution in [0.25, 0.3) is 5.69 Å². The number of rotatable bonds is 2. The molecular weight excluding hydrogens is 207 g/mol. The molecule has 0 radical (unpaired) electrons. The summed E-state index contributed by atoms with van der Waals surface area (Å²) in [5.41, 5.74) is 1.71. The lowest BCUT2D eigenvalue weighted by atomic mass is 10.2. The molecule has 0 fully saturated rings. The fourth-order valence-electron chi connectivity index (χ4n) is 1.44. The SMILES string of the molecule is CC(=O)c1cnn(-c2ccc(C)cc2)c1F. The van der Waals surface area contributed by atoms with Crippen molar-refractivity contribution in [2.45, 2.75) is 13.8 Å². The number of Topliss-reactive ketones (excluding diaryl/α,β-unsaturated/α-hetero) is 1. The minimum absolute atomic E-state index is 0.0144. The second-order valence-corrected chi connectivity index (χ2v) is 3.65. The molecular formula is C12H11FN2O. The van der Waals surface area contributed by atoms with E-state index in [0.717, 1.165) is 10.2 Å². The predicted octanol–water partition coefficient (Wildman–Crippen LogP) is 2.52. The molecule has 1 aromatic heterocycles. The minimum atomic E-state index is -0.614. The molecule has 1 heterocycles. The van der Waals surface area contributed by atoms with Crippen molar-refractivity contribution in [1.29, 1.82) is 0 Å². The van der Waals surface area contributed by atoms with Crippen LogP contribution in [0.3, 0.4) is 0 Å². The highest BCUT2D eigenvalue weighted by atomic mass is 19.1. The Kier molecular flexibility index (Phi) is 2.56. The Bertz CT molecular complexity index is 528. The average molecular weight is 218 g/mol. The Morgan fingerprint density at radius 3 is 2.44 bits per heavy atom. The first-order valence-electron chi connectivity index (χ1n) is 4.91. The predicted molar refractivity (Wildman–Crippen MR) is 58.3 cm³/mol. The van der Waals surface area contributed by atoms with Crippen molar-refractivity contribution in [3.05, 3.63) is 47.5 Å². The monoisotopic (exact) mass is 218 g/mol. The summed E-state index contributed by atoms with van der Waals surface area (Å²) in [7, 11) is 0. The summed E-state index contributed by atoms with van der Waals surface area (Å²) in [5.74, 6) is -0.938. The Balaban J connectivity index is 2.49. The molecule has 0 amide bonds. The maximum absolute atomic E-state index is 13.7. The second kappa shape index (κ2) is 3.89. The van der Waals surface area contributed by atoms with E-state index in [2.05, 4.69) is 5.10 Å². The highest BCUT2D eigenvalue weighted by Crippen LogP contribution is 2.14. The van der Waals surface area contributed by atoms with Gasteiger partial charge in [0, 0.05) is 0 Å². The molecule has 3 nitrogen and oxygen atoms in total. The molecule has 82 valence electrons. The van der Waals surface area contributed by atoms with Gasteiger partial charge in [0.25, 0.3) is 0 Å². The van der Waals surface area contributed by atoms with Gasteiger partial charge in [0.2, 0.25) is 5.95 Å². The van der Waals surface area contributed by atoms with Gasteiger partial charge in [-0.05, 0) is 26.0 Å². The third-order valence-corrected chi connectivity index (χ3v) is 2.37. The number of benzene rings is 1. The van der Waals surface area contributed by atoms with E-state index in [4.69, 9.17) is 0 Å². The van der Waals surface area contributed by atoms with Crippen LogP contribution in [-0.4, -0.2) is 15.6 Å². The Morgan fingerprint density at radius 2 is 1.94 bits per heavy atom. The van der Waals surface area contributed by atoms with Gasteiger partial charge < -0.3 is 0 Å². The molecule has 16 heavy (non-hydrogen) atoms. The van der Waals surface area contributed by atoms with Gasteiger partial charge >= 0.3 is 0 Å². The summed E-state index contributed by atoms with van der Waals surface area (Å²) >= 11 is 0. The molecule has 0 saturated heterocycles. The quantitative estimate of drug-likeness (QED) is 0.726. The van der Waals surface area contributed by atoms with Crippen molar-refractivity contribution < 1.29 is 9.18 Å². The van der Waals surface area contributed by atoms with Crippen molar-refractivity contribution >= 4 is 5.78 Å². The van der Waals surface area contributed by atoms with E-state index in [0.29, 0.717) is 5.69 Å². The van der Waals surface area contributed by atoms with Crippen LogP contribution in [0.5, 0.6) is 0 Å². The fraction of sp³-hybridized carbons (Fsp3) is 0.167. The van der Waals surface area contributed by atoms with Crippen molar-refractivity contribution in [3.8, 4) is 5.69 Å². The minimum Gasteiger partial charge on any atom is -0.294 e. The zero-order chi connectivity index (χ0) is 11.7. The highest BCUT2D eigenvalue weighted by Gasteiger charge is 2.14. The first kappa shape index (κ1) is 10.5. The summed E-state index contributed by atoms with van der Waals surface area (Å²) in [4.78, 5) is 11.1. The van der Waals surface area contributed by atoms with Crippen LogP contribution in [0.4, 0.5) is 4.39 Å². The molecule has 0 saturated carbocycles. The molecule has 0 bridgehead atoms. The number of hydrogen-bond acceptors (Lipinski definition) is 2. The van der Waals surface area contributed by atoms with Gasteiger partial charge in [-0.2, -0.15) is 9.49 Å². The van der Waals surface area contributed by atoms with Gasteiger partial charge in [-0.1, -0.05) is 17.7 Å². The number of nitrogens with zero attached hydrogens (tertiary/aromatic N) is 2. The van der Waals surface area contributed by atoms with E-state index >= 15 is 0 Å². The summed E-state index contributed by atoms with van der Waals surface area (Å²) in [6.07, 6.45) is 1.25. The summed E-state index contributed by atoms with van der Waals surface area (Å²) in [6, 6.07) is 7.25. The average Bonchev–Trinajstić information content (AvgIpc) is 2.61. The Hall–Kier alpha value is -1.97. The van der Waals surface area contributed by atoms with Gasteiger partial charge in [-0.15, -0.1) is 0 Å². The Labute approximate surface area is 92.5 Å². The largest absolute Gasteiger partial charge is 0.294 e. The standard InChI is InChI=1S/C12H11FN2O/c1-8-3-5-10(6-4-8)15-12(13)11(7-14-15)9(2)16/h3-7H,1-2H3. The number of aromatic nitrogens is 2. The normalized spacial score (nSPS) is 10.4. The van der Waals surface area contributed by atoms with E-state index in [-0.39, 0.29) is 11.3 Å². The van der Waals surface area contributed by atoms with E-state index in [1.807, 2.05) is 19.1 Å². The summed E-state index contributed by atoms with van der Waals surface area (Å²) in [5, 5.41) is 3.86. The lowest BCUT2D eigenvalue weighted by Gasteiger charge is -2.02. The fourth-order valence-corrected chi connectivity index (χ4v) is 1.44. The van der Waals surface area contributed by atoms with E-state index < -0.39 is 5.95 Å². The van der Waals surface area contributed by atoms with Crippen molar-refractivity contribution in [2.75, 3.05) is 0 Å². The number of aryl methyl sites for hydroxylation is 1. The first-order chi connectivity index (χ1) is 7.59. The van der Waals surface area contributed by atoms with Crippen LogP contribution >= 0.6 is 0 Å². The van der Waals surface area contributed by atoms with Gasteiger partial charge in [-0.25, -0.2) is 4.68 Å². The highest BCUT2D eigenvalue weighted by molar-refractivity contribution is 5.93. The maximum atomic E-state index is 13.7. The summed E-state index contributed by atoms with van der Waals surface area (Å²) < 4.78 is 14.9. The summed E-state index contributed by atoms with van der Waals surface area (Å²) in [6.45, 7) is 3.27. The van der Waals surface area contributed by atoms with Crippen LogP contribution in [0.2, 0.25) is 0 Å². The van der Waals surface area contributed by atoms with Crippen LogP contribution in [0.15, 0.2) is 30.5 Å². The molecule has 0 N–H and O–H groups in total. The van der Waals surface area contributed by atoms with E-state index in [9.17, 15) is 9.18 Å². The van der Waals surface area contributed by atoms with Gasteiger partial charge in [0.15, 0.2) is 5.78 Å². The van der Waals surface area contributed by atoms with Gasteiger partial charge in [0.05, 0.1) is 17.4 Å². The molecule has 2 aromatic rings. The second-order valence-electron chi connectivity index (χ2n) is 3.65. The topological polar surface area (TPSA) is 34.9 Å². The van der Waals surface area contributed by atoms with Gasteiger partial charge in [0.1, 0.15) is 0 Å². The molecule has 0 aliphatic carbocycles. The molecule has 0 unspecified atom stereocenters. The molecule has 0 atom stereocenters. The van der Waals surface area contributed by atoms with Crippen LogP contribution in [-0.2, 0) is 0 Å². The van der Waals surface area contributed by atoms with Crippen molar-refractivity contribution in [1.82, 2.24) is 9.78 Å². The molecule has 0 spiro atoms. The molecule has 4 heteroatoms. The molecule has 0 aliphatic heterocycles. The lowest BCUT2D eigenvalue weighted by molar-refractivity contribution is 0.101. The van der Waals surface area contributed by atoms with Crippen LogP contribution < -0.4 is 0 Å². The zero-order valence-corrected chi connectivity index (χ0v) is 9.07. The van der Waals surface area contributed by atoms with Crippen molar-refractivity contribution in [2.24, 2.45) is 0 Å². The molecule has 0 aliphatic rings. The number of hydrogen-bond donors (Lipinski definition) is 0. The van der Waals surface area contributed by atoms with E-state index in [1.165, 1.54) is 13.1 Å². The number of halogens is 1. The molecule has 1 aromatic carbocycles. The van der Waals surface area contributed by atoms with Crippen molar-refractivity contribution in [3.63, 3.8) is 0 Å². The maximum Gasteiger partial charge on any atom is 0.227 e. The third kappa shape index (κ3) is 1.74. The third-order valence-electron chi connectivity index (χ3n) is 2.37.